The summed E-state index contributed by atoms with van der Waals surface area (Å²) < 4.78 is 15.7. The molecule has 0 bridgehead atoms. The molecule has 0 aromatic heterocycles. The first-order valence-electron chi connectivity index (χ1n) is 7.57. The lowest BCUT2D eigenvalue weighted by molar-refractivity contribution is -0.136. The van der Waals surface area contributed by atoms with Gasteiger partial charge in [0.05, 0.1) is 0 Å². The lowest BCUT2D eigenvalue weighted by Crippen LogP contribution is -2.32. The maximum atomic E-state index is 11.6. The van der Waals surface area contributed by atoms with Gasteiger partial charge in [-0.05, 0) is 38.2 Å². The molecule has 4 nitrogen and oxygen atoms in total. The van der Waals surface area contributed by atoms with E-state index < -0.39 is 0 Å². The minimum absolute atomic E-state index is 0.0253. The molecule has 0 amide bonds. The highest BCUT2D eigenvalue weighted by molar-refractivity contribution is 7.75. The van der Waals surface area contributed by atoms with Gasteiger partial charge < -0.3 is 13.7 Å². The molecule has 0 radical (unpaired) electrons. The summed E-state index contributed by atoms with van der Waals surface area (Å²) >= 11 is 3.91. The van der Waals surface area contributed by atoms with Gasteiger partial charge in [-0.3, -0.25) is 0 Å². The second kappa shape index (κ2) is 13.2. The van der Waals surface area contributed by atoms with E-state index in [4.69, 9.17) is 13.7 Å². The summed E-state index contributed by atoms with van der Waals surface area (Å²) in [6, 6.07) is 0. The zero-order valence-electron chi connectivity index (χ0n) is 14.2. The molecule has 5 heteroatoms. The summed E-state index contributed by atoms with van der Waals surface area (Å²) in [5, 5.41) is 0. The van der Waals surface area contributed by atoms with Crippen molar-refractivity contribution >= 4 is 18.9 Å². The number of esters is 1. The van der Waals surface area contributed by atoms with E-state index in [1.807, 2.05) is 19.9 Å². The third-order valence-electron chi connectivity index (χ3n) is 3.25. The van der Waals surface area contributed by atoms with Gasteiger partial charge in [0.15, 0.2) is 0 Å². The lowest BCUT2D eigenvalue weighted by Gasteiger charge is -2.25. The average Bonchev–Trinajstić information content (AvgIpc) is 2.54. The van der Waals surface area contributed by atoms with E-state index in [1.54, 1.807) is 25.3 Å². The topological polar surface area (TPSA) is 44.8 Å². The Labute approximate surface area is 145 Å². The molecule has 2 unspecified atom stereocenters. The number of thiol groups is 1. The van der Waals surface area contributed by atoms with Crippen LogP contribution in [0, 0.1) is 5.92 Å². The third kappa shape index (κ3) is 9.43. The van der Waals surface area contributed by atoms with E-state index in [9.17, 15) is 4.79 Å². The summed E-state index contributed by atoms with van der Waals surface area (Å²) in [4.78, 5) is 11.6. The van der Waals surface area contributed by atoms with Crippen molar-refractivity contribution in [2.75, 3.05) is 13.7 Å². The minimum atomic E-state index is -0.350. The molecule has 0 spiro atoms. The van der Waals surface area contributed by atoms with E-state index >= 15 is 0 Å². The van der Waals surface area contributed by atoms with Crippen molar-refractivity contribution in [2.45, 2.75) is 38.9 Å². The quantitative estimate of drug-likeness (QED) is 0.145. The van der Waals surface area contributed by atoms with Crippen molar-refractivity contribution in [3.63, 3.8) is 0 Å². The van der Waals surface area contributed by atoms with Crippen LogP contribution < -0.4 is 0 Å². The Hall–Kier alpha value is -1.30. The van der Waals surface area contributed by atoms with E-state index in [-0.39, 0.29) is 30.7 Å². The molecule has 130 valence electrons. The number of hydrogen-bond donors (Lipinski definition) is 1. The van der Waals surface area contributed by atoms with Gasteiger partial charge in [-0.1, -0.05) is 31.2 Å². The van der Waals surface area contributed by atoms with Gasteiger partial charge in [0, 0.05) is 19.1 Å². The van der Waals surface area contributed by atoms with Crippen LogP contribution in [0.1, 0.15) is 26.7 Å². The van der Waals surface area contributed by atoms with Gasteiger partial charge in [0.25, 0.3) is 0 Å². The first-order chi connectivity index (χ1) is 11.0. The molecule has 0 aromatic carbocycles. The highest BCUT2D eigenvalue weighted by Gasteiger charge is 2.24. The first kappa shape index (κ1) is 21.7. The van der Waals surface area contributed by atoms with Crippen molar-refractivity contribution in [1.82, 2.24) is 0 Å². The Morgan fingerprint density at radius 2 is 2.00 bits per heavy atom. The maximum absolute atomic E-state index is 11.6. The van der Waals surface area contributed by atoms with E-state index in [1.165, 1.54) is 6.08 Å². The summed E-state index contributed by atoms with van der Waals surface area (Å²) in [6.07, 6.45) is 9.77. The van der Waals surface area contributed by atoms with Gasteiger partial charge >= 0.3 is 5.97 Å². The monoisotopic (exact) mass is 340 g/mol. The smallest absolute Gasteiger partial charge is 0.330 e. The normalized spacial score (nSPS) is 15.9. The van der Waals surface area contributed by atoms with Crippen LogP contribution in [-0.4, -0.2) is 31.9 Å². The number of rotatable bonds is 12. The number of allylic oxidation sites excluding steroid dienone is 2. The molecule has 0 aliphatic carbocycles. The van der Waals surface area contributed by atoms with Crippen molar-refractivity contribution in [2.24, 2.45) is 5.92 Å². The SMILES string of the molecule is C=CCC/C=C/C(=O)OC/C(C)=C\C(C)[C@H](OS)C(C=C)OC. The van der Waals surface area contributed by atoms with Gasteiger partial charge in [0.2, 0.25) is 0 Å². The fourth-order valence-electron chi connectivity index (χ4n) is 2.04. The van der Waals surface area contributed by atoms with Crippen LogP contribution in [0.15, 0.2) is 49.1 Å². The second-order valence-electron chi connectivity index (χ2n) is 5.25. The van der Waals surface area contributed by atoms with Gasteiger partial charge in [-0.15, -0.1) is 13.2 Å². The van der Waals surface area contributed by atoms with Crippen molar-refractivity contribution in [3.05, 3.63) is 49.1 Å². The summed E-state index contributed by atoms with van der Waals surface area (Å²) in [5.41, 5.74) is 0.930. The third-order valence-corrected chi connectivity index (χ3v) is 3.49. The fraction of sp³-hybridized carbons (Fsp3) is 0.500. The Balaban J connectivity index is 4.46. The molecular weight excluding hydrogens is 312 g/mol. The predicted octanol–water partition coefficient (Wildman–Crippen LogP) is 4.07. The molecule has 23 heavy (non-hydrogen) atoms. The minimum Gasteiger partial charge on any atom is -0.458 e. The van der Waals surface area contributed by atoms with Crippen molar-refractivity contribution in [3.8, 4) is 0 Å². The van der Waals surface area contributed by atoms with Crippen LogP contribution in [0.3, 0.4) is 0 Å². The Morgan fingerprint density at radius 3 is 2.52 bits per heavy atom. The highest BCUT2D eigenvalue weighted by atomic mass is 32.1. The molecular formula is C18H28O4S. The number of carbonyl (C=O) groups is 1. The van der Waals surface area contributed by atoms with Crippen molar-refractivity contribution in [1.29, 1.82) is 0 Å². The zero-order valence-corrected chi connectivity index (χ0v) is 15.1. The molecule has 0 aromatic rings. The molecule has 0 saturated carbocycles. The number of methoxy groups -OCH3 is 1. The van der Waals surface area contributed by atoms with E-state index in [0.29, 0.717) is 0 Å². The summed E-state index contributed by atoms with van der Waals surface area (Å²) in [7, 11) is 1.59. The second-order valence-corrected chi connectivity index (χ2v) is 5.47. The number of unbranched alkanes of at least 4 members (excludes halogenated alkanes) is 1. The standard InChI is InChI=1S/C18H28O4S/c1-6-8-9-10-11-17(19)21-13-14(3)12-15(4)18(22-23)16(7-2)20-5/h6-7,10-12,15-16,18,23H,1-2,8-9,13H2,3-5H3/b11-10+,14-12-/t15?,16?,18-/m0/s1. The number of hydrogen-bond acceptors (Lipinski definition) is 5. The summed E-state index contributed by atoms with van der Waals surface area (Å²) in [5.74, 6) is -0.324. The predicted molar refractivity (Wildman–Crippen MR) is 97.3 cm³/mol. The maximum Gasteiger partial charge on any atom is 0.330 e. The molecule has 0 aliphatic rings. The molecule has 0 aliphatic heterocycles. The number of ether oxygens (including phenoxy) is 2. The van der Waals surface area contributed by atoms with Crippen molar-refractivity contribution < 1.29 is 18.5 Å². The molecule has 0 rings (SSSR count). The average molecular weight is 340 g/mol. The van der Waals surface area contributed by atoms with E-state index in [0.717, 1.165) is 18.4 Å². The van der Waals surface area contributed by atoms with Crippen LogP contribution in [0.25, 0.3) is 0 Å². The van der Waals surface area contributed by atoms with Gasteiger partial charge in [0.1, 0.15) is 18.8 Å². The molecule has 3 atom stereocenters. The molecule has 0 N–H and O–H groups in total. The van der Waals surface area contributed by atoms with Crippen LogP contribution in [0.5, 0.6) is 0 Å². The first-order valence-corrected chi connectivity index (χ1v) is 7.93. The van der Waals surface area contributed by atoms with Crippen LogP contribution in [0.2, 0.25) is 0 Å². The summed E-state index contributed by atoms with van der Waals surface area (Å²) in [6.45, 7) is 11.5. The Morgan fingerprint density at radius 1 is 1.30 bits per heavy atom. The highest BCUT2D eigenvalue weighted by Crippen LogP contribution is 2.19. The zero-order chi connectivity index (χ0) is 17.7. The molecule has 0 saturated heterocycles. The Kier molecular flexibility index (Phi) is 12.4. The van der Waals surface area contributed by atoms with Gasteiger partial charge in [-0.2, -0.15) is 0 Å². The van der Waals surface area contributed by atoms with Crippen LogP contribution in [0.4, 0.5) is 0 Å². The molecule has 0 fully saturated rings. The fourth-order valence-corrected chi connectivity index (χ4v) is 2.35. The largest absolute Gasteiger partial charge is 0.458 e. The van der Waals surface area contributed by atoms with Gasteiger partial charge in [-0.25, -0.2) is 4.79 Å². The number of carbonyl (C=O) groups excluding carboxylic acids is 1. The lowest BCUT2D eigenvalue weighted by atomic mass is 9.97. The molecule has 0 heterocycles. The Bertz CT molecular complexity index is 429. The van der Waals surface area contributed by atoms with Crippen LogP contribution in [-0.2, 0) is 18.5 Å². The van der Waals surface area contributed by atoms with Crippen LogP contribution >= 0.6 is 12.9 Å². The van der Waals surface area contributed by atoms with E-state index in [2.05, 4.69) is 26.1 Å².